The van der Waals surface area contributed by atoms with Gasteiger partial charge in [-0.05, 0) is 43.9 Å². The Morgan fingerprint density at radius 1 is 1.38 bits per heavy atom. The number of hydrogen-bond acceptors (Lipinski definition) is 3. The molecule has 126 valence electrons. The molecule has 0 aliphatic carbocycles. The molecule has 24 heavy (non-hydrogen) atoms. The van der Waals surface area contributed by atoms with Crippen LogP contribution >= 0.6 is 11.6 Å². The smallest absolute Gasteiger partial charge is 0.232 e. The molecule has 0 radical (unpaired) electrons. The summed E-state index contributed by atoms with van der Waals surface area (Å²) in [6.45, 7) is 2.88. The summed E-state index contributed by atoms with van der Waals surface area (Å²) in [5.74, 6) is 1.01. The number of benzene rings is 1. The van der Waals surface area contributed by atoms with E-state index in [-0.39, 0.29) is 17.6 Å². The maximum atomic E-state index is 14.4. The van der Waals surface area contributed by atoms with Crippen molar-refractivity contribution in [3.63, 3.8) is 0 Å². The molecular formula is C17H18ClFN4O. The van der Waals surface area contributed by atoms with Gasteiger partial charge in [-0.25, -0.2) is 14.1 Å². The van der Waals surface area contributed by atoms with Crippen molar-refractivity contribution in [1.82, 2.24) is 14.8 Å². The van der Waals surface area contributed by atoms with Crippen LogP contribution in [0.4, 0.5) is 10.1 Å². The molecule has 7 heteroatoms. The Hall–Kier alpha value is -1.95. The minimum absolute atomic E-state index is 0.0454. The molecule has 1 aromatic carbocycles. The van der Waals surface area contributed by atoms with Gasteiger partial charge in [0, 0.05) is 18.0 Å². The van der Waals surface area contributed by atoms with Crippen molar-refractivity contribution in [2.24, 2.45) is 5.92 Å². The number of aryl methyl sites for hydroxylation is 2. The molecule has 1 amide bonds. The van der Waals surface area contributed by atoms with Crippen LogP contribution in [0.2, 0.25) is 5.02 Å². The summed E-state index contributed by atoms with van der Waals surface area (Å²) in [6, 6.07) is 2.90. The monoisotopic (exact) mass is 348 g/mol. The first-order valence-corrected chi connectivity index (χ1v) is 8.61. The van der Waals surface area contributed by atoms with Crippen LogP contribution in [-0.2, 0) is 24.2 Å². The van der Waals surface area contributed by atoms with E-state index in [1.54, 1.807) is 15.6 Å². The van der Waals surface area contributed by atoms with Crippen LogP contribution in [0.3, 0.4) is 0 Å². The molecule has 1 aromatic heterocycles. The number of amides is 1. The fraction of sp³-hybridized carbons (Fsp3) is 0.471. The minimum Gasteiger partial charge on any atom is -0.309 e. The van der Waals surface area contributed by atoms with Crippen molar-refractivity contribution in [1.29, 1.82) is 0 Å². The van der Waals surface area contributed by atoms with Crippen molar-refractivity contribution in [2.75, 3.05) is 11.4 Å². The molecule has 1 atom stereocenters. The van der Waals surface area contributed by atoms with E-state index in [4.69, 9.17) is 11.6 Å². The molecule has 5 nitrogen and oxygen atoms in total. The Kier molecular flexibility index (Phi) is 3.79. The van der Waals surface area contributed by atoms with E-state index >= 15 is 0 Å². The Balaban J connectivity index is 1.64. The molecule has 2 aliphatic rings. The van der Waals surface area contributed by atoms with Gasteiger partial charge in [0.1, 0.15) is 17.5 Å². The van der Waals surface area contributed by atoms with Crippen molar-refractivity contribution in [3.05, 3.63) is 40.2 Å². The second-order valence-corrected chi connectivity index (χ2v) is 6.85. The quantitative estimate of drug-likeness (QED) is 0.796. The highest BCUT2D eigenvalue weighted by atomic mass is 35.5. The Morgan fingerprint density at radius 2 is 2.21 bits per heavy atom. The van der Waals surface area contributed by atoms with Crippen molar-refractivity contribution in [2.45, 2.75) is 39.2 Å². The van der Waals surface area contributed by atoms with Gasteiger partial charge in [0.05, 0.1) is 18.2 Å². The molecular weight excluding hydrogens is 331 g/mol. The van der Waals surface area contributed by atoms with Crippen LogP contribution in [0.15, 0.2) is 12.1 Å². The van der Waals surface area contributed by atoms with Crippen LogP contribution in [-0.4, -0.2) is 27.2 Å². The van der Waals surface area contributed by atoms with E-state index < -0.39 is 0 Å². The zero-order chi connectivity index (χ0) is 16.8. The van der Waals surface area contributed by atoms with Crippen molar-refractivity contribution < 1.29 is 9.18 Å². The largest absolute Gasteiger partial charge is 0.309 e. The summed E-state index contributed by atoms with van der Waals surface area (Å²) in [7, 11) is 0. The summed E-state index contributed by atoms with van der Waals surface area (Å²) in [6.07, 6.45) is 2.93. The zero-order valence-corrected chi connectivity index (χ0v) is 14.2. The summed E-state index contributed by atoms with van der Waals surface area (Å²) in [4.78, 5) is 19.0. The normalized spacial score (nSPS) is 19.8. The number of anilines is 1. The Bertz CT molecular complexity index is 819. The first-order chi connectivity index (χ1) is 11.5. The lowest BCUT2D eigenvalue weighted by atomic mass is 9.95. The van der Waals surface area contributed by atoms with Gasteiger partial charge >= 0.3 is 0 Å². The van der Waals surface area contributed by atoms with Gasteiger partial charge in [0.2, 0.25) is 5.91 Å². The fourth-order valence-electron chi connectivity index (χ4n) is 3.71. The first kappa shape index (κ1) is 15.6. The van der Waals surface area contributed by atoms with Crippen LogP contribution in [0.5, 0.6) is 0 Å². The van der Waals surface area contributed by atoms with E-state index in [9.17, 15) is 9.18 Å². The van der Waals surface area contributed by atoms with Gasteiger partial charge in [0.15, 0.2) is 0 Å². The summed E-state index contributed by atoms with van der Waals surface area (Å²) < 4.78 is 16.2. The number of carbonyl (C=O) groups is 1. The minimum atomic E-state index is -0.379. The predicted molar refractivity (Wildman–Crippen MR) is 88.7 cm³/mol. The SMILES string of the molecule is Cc1nc2n(n1)C[C@@H](C(=O)N1CCCc3c(Cl)ccc(F)c31)CC2. The third-order valence-corrected chi connectivity index (χ3v) is 5.19. The lowest BCUT2D eigenvalue weighted by Gasteiger charge is -2.34. The van der Waals surface area contributed by atoms with Gasteiger partial charge in [-0.15, -0.1) is 0 Å². The molecule has 3 heterocycles. The van der Waals surface area contributed by atoms with Crippen LogP contribution in [0, 0.1) is 18.7 Å². The number of hydrogen-bond donors (Lipinski definition) is 0. The van der Waals surface area contributed by atoms with Crippen molar-refractivity contribution >= 4 is 23.2 Å². The third-order valence-electron chi connectivity index (χ3n) is 4.83. The molecule has 2 aromatic rings. The molecule has 0 fully saturated rings. The molecule has 4 rings (SSSR count). The average Bonchev–Trinajstić information content (AvgIpc) is 2.96. The van der Waals surface area contributed by atoms with E-state index in [0.717, 1.165) is 30.1 Å². The van der Waals surface area contributed by atoms with E-state index in [0.29, 0.717) is 36.6 Å². The molecule has 2 aliphatic heterocycles. The fourth-order valence-corrected chi connectivity index (χ4v) is 3.96. The van der Waals surface area contributed by atoms with Gasteiger partial charge in [-0.2, -0.15) is 5.10 Å². The molecule has 0 bridgehead atoms. The van der Waals surface area contributed by atoms with E-state index in [1.807, 2.05) is 6.92 Å². The number of halogens is 2. The summed E-state index contributed by atoms with van der Waals surface area (Å²) in [5, 5.41) is 4.87. The average molecular weight is 349 g/mol. The van der Waals surface area contributed by atoms with Gasteiger partial charge in [-0.3, -0.25) is 4.79 Å². The third kappa shape index (κ3) is 2.49. The van der Waals surface area contributed by atoms with Crippen LogP contribution < -0.4 is 4.90 Å². The number of rotatable bonds is 1. The highest BCUT2D eigenvalue weighted by molar-refractivity contribution is 6.32. The van der Waals surface area contributed by atoms with E-state index in [1.165, 1.54) is 6.07 Å². The number of carbonyl (C=O) groups excluding carboxylic acids is 1. The maximum Gasteiger partial charge on any atom is 0.232 e. The lowest BCUT2D eigenvalue weighted by molar-refractivity contribution is -0.123. The van der Waals surface area contributed by atoms with E-state index in [2.05, 4.69) is 10.1 Å². The molecule has 0 unspecified atom stereocenters. The maximum absolute atomic E-state index is 14.4. The summed E-state index contributed by atoms with van der Waals surface area (Å²) >= 11 is 6.21. The van der Waals surface area contributed by atoms with Crippen LogP contribution in [0.25, 0.3) is 0 Å². The van der Waals surface area contributed by atoms with Crippen molar-refractivity contribution in [3.8, 4) is 0 Å². The van der Waals surface area contributed by atoms with Gasteiger partial charge in [0.25, 0.3) is 0 Å². The topological polar surface area (TPSA) is 51.0 Å². The highest BCUT2D eigenvalue weighted by Crippen LogP contribution is 2.36. The second kappa shape index (κ2) is 5.84. The second-order valence-electron chi connectivity index (χ2n) is 6.44. The first-order valence-electron chi connectivity index (χ1n) is 8.23. The summed E-state index contributed by atoms with van der Waals surface area (Å²) in [5.41, 5.74) is 1.10. The Labute approximate surface area is 144 Å². The lowest BCUT2D eigenvalue weighted by Crippen LogP contribution is -2.43. The standard InChI is InChI=1S/C17H18ClFN4O/c1-10-20-15-7-4-11(9-23(15)21-10)17(24)22-8-2-3-12-13(18)5-6-14(19)16(12)22/h5-6,11H,2-4,7-9H2,1H3/t11-/m0/s1. The van der Waals surface area contributed by atoms with Gasteiger partial charge in [-0.1, -0.05) is 11.6 Å². The molecule has 0 spiro atoms. The predicted octanol–water partition coefficient (Wildman–Crippen LogP) is 2.92. The number of aromatic nitrogens is 3. The molecule has 0 N–H and O–H groups in total. The number of nitrogens with zero attached hydrogens (tertiary/aromatic N) is 4. The van der Waals surface area contributed by atoms with Gasteiger partial charge < -0.3 is 4.90 Å². The highest BCUT2D eigenvalue weighted by Gasteiger charge is 2.34. The number of fused-ring (bicyclic) bond motifs is 2. The molecule has 0 saturated carbocycles. The Morgan fingerprint density at radius 3 is 3.04 bits per heavy atom. The van der Waals surface area contributed by atoms with Crippen LogP contribution in [0.1, 0.15) is 30.1 Å². The zero-order valence-electron chi connectivity index (χ0n) is 13.4. The molecule has 0 saturated heterocycles.